The molecule has 1 aliphatic heterocycles. The van der Waals surface area contributed by atoms with E-state index in [1.54, 1.807) is 23.2 Å². The van der Waals surface area contributed by atoms with E-state index in [-0.39, 0.29) is 24.2 Å². The first-order valence-corrected chi connectivity index (χ1v) is 10.3. The summed E-state index contributed by atoms with van der Waals surface area (Å²) in [6.45, 7) is 0.950. The Labute approximate surface area is 179 Å². The molecule has 4 rings (SSSR count). The fourth-order valence-electron chi connectivity index (χ4n) is 3.62. The van der Waals surface area contributed by atoms with Crippen molar-refractivity contribution in [3.05, 3.63) is 82.8 Å². The summed E-state index contributed by atoms with van der Waals surface area (Å²) in [4.78, 5) is 18.7. The second kappa shape index (κ2) is 9.30. The number of aromatic nitrogens is 1. The number of hydrogen-bond acceptors (Lipinski definition) is 4. The van der Waals surface area contributed by atoms with Gasteiger partial charge in [-0.2, -0.15) is 0 Å². The second-order valence-electron chi connectivity index (χ2n) is 7.33. The van der Waals surface area contributed by atoms with Crippen LogP contribution in [0.5, 0.6) is 5.75 Å². The minimum atomic E-state index is -0.479. The van der Waals surface area contributed by atoms with E-state index in [0.717, 1.165) is 24.2 Å². The molecule has 0 spiro atoms. The first kappa shape index (κ1) is 20.4. The summed E-state index contributed by atoms with van der Waals surface area (Å²) in [5.74, 6) is 0.819. The lowest BCUT2D eigenvalue weighted by atomic mass is 9.98. The van der Waals surface area contributed by atoms with Crippen molar-refractivity contribution in [2.24, 2.45) is 0 Å². The van der Waals surface area contributed by atoms with E-state index in [4.69, 9.17) is 20.8 Å². The van der Waals surface area contributed by atoms with Crippen LogP contribution in [0.15, 0.2) is 59.1 Å². The molecule has 1 aliphatic rings. The van der Waals surface area contributed by atoms with Crippen molar-refractivity contribution in [2.75, 3.05) is 19.7 Å². The highest BCUT2D eigenvalue weighted by Gasteiger charge is 2.28. The van der Waals surface area contributed by atoms with E-state index in [1.165, 1.54) is 12.1 Å². The van der Waals surface area contributed by atoms with Gasteiger partial charge < -0.3 is 14.1 Å². The van der Waals surface area contributed by atoms with Gasteiger partial charge in [0.15, 0.2) is 24.1 Å². The average Bonchev–Trinajstić information content (AvgIpc) is 3.23. The van der Waals surface area contributed by atoms with Gasteiger partial charge >= 0.3 is 0 Å². The Balaban J connectivity index is 1.36. The molecule has 1 amide bonds. The molecular formula is C23H22ClFN2O3. The smallest absolute Gasteiger partial charge is 0.260 e. The molecule has 1 saturated heterocycles. The van der Waals surface area contributed by atoms with Crippen molar-refractivity contribution in [1.82, 2.24) is 9.88 Å². The first-order chi connectivity index (χ1) is 14.6. The third-order valence-electron chi connectivity index (χ3n) is 5.21. The van der Waals surface area contributed by atoms with Gasteiger partial charge in [-0.25, -0.2) is 9.37 Å². The number of likely N-dealkylation sites (tertiary alicyclic amines) is 1. The highest BCUT2D eigenvalue weighted by atomic mass is 35.5. The molecule has 2 aromatic carbocycles. The van der Waals surface area contributed by atoms with Crippen LogP contribution < -0.4 is 4.74 Å². The van der Waals surface area contributed by atoms with Crippen molar-refractivity contribution in [3.63, 3.8) is 0 Å². The molecule has 0 bridgehead atoms. The van der Waals surface area contributed by atoms with E-state index in [0.29, 0.717) is 30.4 Å². The van der Waals surface area contributed by atoms with Crippen LogP contribution in [0.25, 0.3) is 0 Å². The Morgan fingerprint density at radius 1 is 1.23 bits per heavy atom. The topological polar surface area (TPSA) is 55.6 Å². The van der Waals surface area contributed by atoms with Gasteiger partial charge in [-0.05, 0) is 36.6 Å². The minimum Gasteiger partial charge on any atom is -0.481 e. The largest absolute Gasteiger partial charge is 0.481 e. The van der Waals surface area contributed by atoms with E-state index in [1.807, 2.05) is 24.3 Å². The third-order valence-corrected chi connectivity index (χ3v) is 5.57. The maximum Gasteiger partial charge on any atom is 0.260 e. The molecule has 1 atom stereocenters. The highest BCUT2D eigenvalue weighted by Crippen LogP contribution is 2.28. The van der Waals surface area contributed by atoms with E-state index in [9.17, 15) is 9.18 Å². The predicted octanol–water partition coefficient (Wildman–Crippen LogP) is 4.84. The zero-order valence-corrected chi connectivity index (χ0v) is 17.1. The summed E-state index contributed by atoms with van der Waals surface area (Å²) < 4.78 is 25.0. The van der Waals surface area contributed by atoms with E-state index < -0.39 is 5.82 Å². The summed E-state index contributed by atoms with van der Waals surface area (Å²) in [7, 11) is 0. The van der Waals surface area contributed by atoms with Gasteiger partial charge in [0.25, 0.3) is 5.91 Å². The van der Waals surface area contributed by atoms with Crippen molar-refractivity contribution in [1.29, 1.82) is 0 Å². The van der Waals surface area contributed by atoms with Crippen molar-refractivity contribution < 1.29 is 18.3 Å². The number of carbonyl (C=O) groups is 1. The van der Waals surface area contributed by atoms with Crippen LogP contribution in [0.4, 0.5) is 4.39 Å². The number of para-hydroxylation sites is 1. The molecule has 156 valence electrons. The summed E-state index contributed by atoms with van der Waals surface area (Å²) >= 11 is 6.23. The van der Waals surface area contributed by atoms with Gasteiger partial charge in [0, 0.05) is 24.5 Å². The number of carbonyl (C=O) groups excluding carboxylic acids is 1. The van der Waals surface area contributed by atoms with Crippen LogP contribution in [-0.2, 0) is 11.2 Å². The zero-order chi connectivity index (χ0) is 20.9. The van der Waals surface area contributed by atoms with Crippen LogP contribution in [0, 0.1) is 5.82 Å². The van der Waals surface area contributed by atoms with Gasteiger partial charge in [-0.15, -0.1) is 0 Å². The number of piperidine rings is 1. The summed E-state index contributed by atoms with van der Waals surface area (Å²) in [5, 5.41) is 0.694. The van der Waals surface area contributed by atoms with Gasteiger partial charge in [-0.3, -0.25) is 4.79 Å². The van der Waals surface area contributed by atoms with Crippen LogP contribution in [0.3, 0.4) is 0 Å². The molecule has 2 heterocycles. The lowest BCUT2D eigenvalue weighted by molar-refractivity contribution is -0.134. The van der Waals surface area contributed by atoms with Gasteiger partial charge in [0.05, 0.1) is 12.1 Å². The van der Waals surface area contributed by atoms with Crippen LogP contribution in [0.1, 0.15) is 36.0 Å². The fourth-order valence-corrected chi connectivity index (χ4v) is 3.82. The molecule has 5 nitrogen and oxygen atoms in total. The molecule has 1 aromatic heterocycles. The number of halogens is 2. The zero-order valence-electron chi connectivity index (χ0n) is 16.4. The Bertz CT molecular complexity index is 1020. The molecule has 3 aromatic rings. The fraction of sp³-hybridized carbons (Fsp3) is 0.304. The highest BCUT2D eigenvalue weighted by molar-refractivity contribution is 6.31. The molecule has 0 N–H and O–H groups in total. The number of hydrogen-bond donors (Lipinski definition) is 0. The lowest BCUT2D eigenvalue weighted by Crippen LogP contribution is -2.41. The maximum absolute atomic E-state index is 13.7. The van der Waals surface area contributed by atoms with Crippen molar-refractivity contribution in [3.8, 4) is 5.75 Å². The van der Waals surface area contributed by atoms with Gasteiger partial charge in [0.2, 0.25) is 0 Å². The van der Waals surface area contributed by atoms with Crippen molar-refractivity contribution in [2.45, 2.75) is 25.2 Å². The second-order valence-corrected chi connectivity index (χ2v) is 7.74. The summed E-state index contributed by atoms with van der Waals surface area (Å²) in [6, 6.07) is 13.7. The molecule has 30 heavy (non-hydrogen) atoms. The Kier molecular flexibility index (Phi) is 6.33. The normalized spacial score (nSPS) is 16.5. The first-order valence-electron chi connectivity index (χ1n) is 9.93. The number of rotatable bonds is 6. The minimum absolute atomic E-state index is 0.0242. The molecular weight excluding hydrogens is 407 g/mol. The molecule has 1 fully saturated rings. The van der Waals surface area contributed by atoms with Crippen LogP contribution >= 0.6 is 11.6 Å². The van der Waals surface area contributed by atoms with Crippen LogP contribution in [-0.4, -0.2) is 35.5 Å². The maximum atomic E-state index is 13.7. The van der Waals surface area contributed by atoms with E-state index >= 15 is 0 Å². The number of amides is 1. The molecule has 0 unspecified atom stereocenters. The van der Waals surface area contributed by atoms with Crippen LogP contribution in [0.2, 0.25) is 5.02 Å². The average molecular weight is 429 g/mol. The lowest BCUT2D eigenvalue weighted by Gasteiger charge is -2.31. The summed E-state index contributed by atoms with van der Waals surface area (Å²) in [5.41, 5.74) is 0.979. The van der Waals surface area contributed by atoms with Gasteiger partial charge in [0.1, 0.15) is 5.76 Å². The van der Waals surface area contributed by atoms with E-state index in [2.05, 4.69) is 4.98 Å². The molecule has 0 aliphatic carbocycles. The quantitative estimate of drug-likeness (QED) is 0.563. The number of nitrogens with zero attached hydrogens (tertiary/aromatic N) is 2. The van der Waals surface area contributed by atoms with Crippen molar-refractivity contribution >= 4 is 17.5 Å². The number of benzene rings is 2. The predicted molar refractivity (Wildman–Crippen MR) is 111 cm³/mol. The standard InChI is InChI=1S/C23H22ClFN2O3/c24-19-8-2-1-6-16(19)12-18-13-26-23(30-18)17-7-5-11-27(14-17)22(28)15-29-21-10-4-3-9-20(21)25/h1-4,6,8-10,13,17H,5,7,11-12,14-15H2/t17-/m0/s1. The Morgan fingerprint density at radius 2 is 2.03 bits per heavy atom. The third kappa shape index (κ3) is 4.82. The summed E-state index contributed by atoms with van der Waals surface area (Å²) in [6.07, 6.45) is 4.03. The molecule has 0 radical (unpaired) electrons. The monoisotopic (exact) mass is 428 g/mol. The molecule has 7 heteroatoms. The van der Waals surface area contributed by atoms with Gasteiger partial charge in [-0.1, -0.05) is 41.9 Å². The molecule has 0 saturated carbocycles. The Morgan fingerprint density at radius 3 is 2.87 bits per heavy atom. The Hall–Kier alpha value is -2.86. The number of ether oxygens (including phenoxy) is 1. The SMILES string of the molecule is O=C(COc1ccccc1F)N1CCC[C@H](c2ncc(Cc3ccccc3Cl)o2)C1. The number of oxazole rings is 1.